The third-order valence-electron chi connectivity index (χ3n) is 5.93. The predicted octanol–water partition coefficient (Wildman–Crippen LogP) is 4.32. The summed E-state index contributed by atoms with van der Waals surface area (Å²) in [6.07, 6.45) is 3.27. The zero-order valence-electron chi connectivity index (χ0n) is 17.7. The van der Waals surface area contributed by atoms with Gasteiger partial charge in [-0.2, -0.15) is 0 Å². The third-order valence-corrected chi connectivity index (χ3v) is 6.16. The maximum atomic E-state index is 13.1. The second-order valence-electron chi connectivity index (χ2n) is 8.26. The molecule has 31 heavy (non-hydrogen) atoms. The maximum absolute atomic E-state index is 13.1. The summed E-state index contributed by atoms with van der Waals surface area (Å²) in [6.45, 7) is 5.47. The topological polar surface area (TPSA) is 55.9 Å². The molecule has 0 spiro atoms. The second-order valence-corrected chi connectivity index (χ2v) is 8.69. The van der Waals surface area contributed by atoms with Crippen LogP contribution >= 0.6 is 11.6 Å². The molecular weight excluding hydrogens is 412 g/mol. The number of nitrogens with one attached hydrogen (secondary N) is 1. The van der Waals surface area contributed by atoms with E-state index >= 15 is 0 Å². The van der Waals surface area contributed by atoms with Crippen LogP contribution < -0.4 is 5.32 Å². The van der Waals surface area contributed by atoms with Crippen LogP contribution in [-0.2, 0) is 6.54 Å². The molecule has 4 rings (SSSR count). The molecule has 2 aliphatic heterocycles. The van der Waals surface area contributed by atoms with E-state index in [1.807, 2.05) is 29.2 Å². The molecule has 2 aromatic rings. The van der Waals surface area contributed by atoms with Gasteiger partial charge in [0.05, 0.1) is 0 Å². The molecule has 1 N–H and O–H groups in total. The van der Waals surface area contributed by atoms with Crippen LogP contribution in [0.3, 0.4) is 0 Å². The van der Waals surface area contributed by atoms with Crippen molar-refractivity contribution in [3.63, 3.8) is 0 Å². The summed E-state index contributed by atoms with van der Waals surface area (Å²) >= 11 is 6.00. The number of hydrogen-bond acceptors (Lipinski definition) is 3. The molecule has 3 amide bonds. The van der Waals surface area contributed by atoms with Crippen LogP contribution in [0.4, 0.5) is 10.5 Å². The Hall–Kier alpha value is -2.57. The third kappa shape index (κ3) is 5.77. The minimum Gasteiger partial charge on any atom is -0.337 e. The molecule has 2 fully saturated rings. The van der Waals surface area contributed by atoms with Crippen molar-refractivity contribution in [2.24, 2.45) is 0 Å². The van der Waals surface area contributed by atoms with Gasteiger partial charge >= 0.3 is 6.03 Å². The highest BCUT2D eigenvalue weighted by Gasteiger charge is 2.23. The normalized spacial score (nSPS) is 17.5. The molecule has 7 heteroatoms. The first-order valence-corrected chi connectivity index (χ1v) is 11.4. The van der Waals surface area contributed by atoms with E-state index in [0.717, 1.165) is 31.6 Å². The van der Waals surface area contributed by atoms with Gasteiger partial charge in [-0.15, -0.1) is 0 Å². The van der Waals surface area contributed by atoms with Gasteiger partial charge in [0.15, 0.2) is 0 Å². The molecule has 2 aromatic carbocycles. The fraction of sp³-hybridized carbons (Fsp3) is 0.417. The summed E-state index contributed by atoms with van der Waals surface area (Å²) in [5.41, 5.74) is 2.59. The smallest absolute Gasteiger partial charge is 0.321 e. The van der Waals surface area contributed by atoms with Gasteiger partial charge < -0.3 is 15.1 Å². The van der Waals surface area contributed by atoms with Crippen molar-refractivity contribution in [1.29, 1.82) is 0 Å². The molecule has 0 atom stereocenters. The van der Waals surface area contributed by atoms with Crippen LogP contribution in [0.2, 0.25) is 5.02 Å². The summed E-state index contributed by atoms with van der Waals surface area (Å²) in [5.74, 6) is 0.0420. The maximum Gasteiger partial charge on any atom is 0.321 e. The van der Waals surface area contributed by atoms with E-state index in [-0.39, 0.29) is 11.9 Å². The summed E-state index contributed by atoms with van der Waals surface area (Å²) in [6, 6.07) is 14.9. The molecule has 164 valence electrons. The molecule has 0 aromatic heterocycles. The number of anilines is 1. The van der Waals surface area contributed by atoms with Crippen LogP contribution in [0, 0.1) is 0 Å². The fourth-order valence-corrected chi connectivity index (χ4v) is 4.47. The van der Waals surface area contributed by atoms with Crippen molar-refractivity contribution < 1.29 is 9.59 Å². The average Bonchev–Trinajstić information content (AvgIpc) is 3.14. The van der Waals surface area contributed by atoms with Crippen molar-refractivity contribution in [2.75, 3.05) is 44.6 Å². The minimum atomic E-state index is -0.163. The summed E-state index contributed by atoms with van der Waals surface area (Å²) in [7, 11) is 0. The van der Waals surface area contributed by atoms with E-state index in [1.54, 1.807) is 23.1 Å². The van der Waals surface area contributed by atoms with E-state index in [2.05, 4.69) is 16.3 Å². The Morgan fingerprint density at radius 3 is 2.39 bits per heavy atom. The lowest BCUT2D eigenvalue weighted by atomic mass is 10.1. The first-order valence-electron chi connectivity index (χ1n) is 11.0. The second kappa shape index (κ2) is 10.2. The predicted molar refractivity (Wildman–Crippen MR) is 124 cm³/mol. The number of carbonyl (C=O) groups is 2. The first-order chi connectivity index (χ1) is 15.1. The number of rotatable bonds is 4. The van der Waals surface area contributed by atoms with Gasteiger partial charge in [0.25, 0.3) is 5.91 Å². The monoisotopic (exact) mass is 440 g/mol. The van der Waals surface area contributed by atoms with Crippen molar-refractivity contribution in [1.82, 2.24) is 14.7 Å². The molecule has 0 radical (unpaired) electrons. The number of amides is 3. The molecule has 6 nitrogen and oxygen atoms in total. The van der Waals surface area contributed by atoms with E-state index in [0.29, 0.717) is 36.9 Å². The lowest BCUT2D eigenvalue weighted by Crippen LogP contribution is -2.39. The highest BCUT2D eigenvalue weighted by molar-refractivity contribution is 6.30. The standard InChI is InChI=1S/C24H29ClN4O2/c25-21-8-4-9-22(17-21)26-24(31)29-13-5-12-28(14-15-29)23(30)20-7-3-6-19(16-20)18-27-10-1-2-11-27/h3-4,6-9,16-17H,1-2,5,10-15,18H2,(H,26,31). The van der Waals surface area contributed by atoms with Gasteiger partial charge in [-0.1, -0.05) is 29.8 Å². The average molecular weight is 441 g/mol. The van der Waals surface area contributed by atoms with Crippen molar-refractivity contribution in [3.8, 4) is 0 Å². The van der Waals surface area contributed by atoms with Crippen LogP contribution in [0.25, 0.3) is 0 Å². The quantitative estimate of drug-likeness (QED) is 0.770. The molecule has 0 unspecified atom stereocenters. The fourth-order valence-electron chi connectivity index (χ4n) is 4.28. The van der Waals surface area contributed by atoms with Gasteiger partial charge in [-0.05, 0) is 68.2 Å². The Balaban J connectivity index is 1.34. The van der Waals surface area contributed by atoms with Gasteiger partial charge in [0, 0.05) is 49.0 Å². The van der Waals surface area contributed by atoms with Crippen molar-refractivity contribution >= 4 is 29.2 Å². The number of carbonyl (C=O) groups excluding carboxylic acids is 2. The highest BCUT2D eigenvalue weighted by Crippen LogP contribution is 2.18. The summed E-state index contributed by atoms with van der Waals surface area (Å²) in [4.78, 5) is 31.8. The first kappa shape index (κ1) is 21.7. The molecular formula is C24H29ClN4O2. The van der Waals surface area contributed by atoms with Gasteiger partial charge in [0.2, 0.25) is 0 Å². The zero-order valence-corrected chi connectivity index (χ0v) is 18.5. The van der Waals surface area contributed by atoms with E-state index in [4.69, 9.17) is 11.6 Å². The van der Waals surface area contributed by atoms with Crippen LogP contribution in [0.5, 0.6) is 0 Å². The minimum absolute atomic E-state index is 0.0420. The summed E-state index contributed by atoms with van der Waals surface area (Å²) < 4.78 is 0. The van der Waals surface area contributed by atoms with E-state index in [1.165, 1.54) is 18.4 Å². The van der Waals surface area contributed by atoms with Crippen LogP contribution in [0.1, 0.15) is 35.2 Å². The Labute approximate surface area is 188 Å². The van der Waals surface area contributed by atoms with E-state index < -0.39 is 0 Å². The Morgan fingerprint density at radius 2 is 1.58 bits per heavy atom. The summed E-state index contributed by atoms with van der Waals surface area (Å²) in [5, 5.41) is 3.47. The lowest BCUT2D eigenvalue weighted by Gasteiger charge is -2.23. The number of halogens is 1. The molecule has 0 bridgehead atoms. The van der Waals surface area contributed by atoms with Gasteiger partial charge in [-0.3, -0.25) is 9.69 Å². The molecule has 2 heterocycles. The largest absolute Gasteiger partial charge is 0.337 e. The van der Waals surface area contributed by atoms with E-state index in [9.17, 15) is 9.59 Å². The molecule has 2 saturated heterocycles. The number of hydrogen-bond donors (Lipinski definition) is 1. The molecule has 0 aliphatic carbocycles. The van der Waals surface area contributed by atoms with Crippen molar-refractivity contribution in [2.45, 2.75) is 25.8 Å². The zero-order chi connectivity index (χ0) is 21.6. The van der Waals surface area contributed by atoms with Crippen LogP contribution in [-0.4, -0.2) is 65.9 Å². The highest BCUT2D eigenvalue weighted by atomic mass is 35.5. The number of nitrogens with zero attached hydrogens (tertiary/aromatic N) is 3. The number of likely N-dealkylation sites (tertiary alicyclic amines) is 1. The van der Waals surface area contributed by atoms with Crippen LogP contribution in [0.15, 0.2) is 48.5 Å². The van der Waals surface area contributed by atoms with Crippen molar-refractivity contribution in [3.05, 3.63) is 64.7 Å². The van der Waals surface area contributed by atoms with Gasteiger partial charge in [-0.25, -0.2) is 4.79 Å². The molecule has 0 saturated carbocycles. The SMILES string of the molecule is O=C(Nc1cccc(Cl)c1)N1CCCN(C(=O)c2cccc(CN3CCCC3)c2)CC1. The number of urea groups is 1. The molecule has 2 aliphatic rings. The Morgan fingerprint density at radius 1 is 0.839 bits per heavy atom. The lowest BCUT2D eigenvalue weighted by molar-refractivity contribution is 0.0762. The Kier molecular flexibility index (Phi) is 7.10. The Bertz CT molecular complexity index is 929. The van der Waals surface area contributed by atoms with Gasteiger partial charge in [0.1, 0.15) is 0 Å². The number of benzene rings is 2.